The van der Waals surface area contributed by atoms with Gasteiger partial charge in [-0.1, -0.05) is 13.8 Å². The zero-order valence-corrected chi connectivity index (χ0v) is 9.21. The van der Waals surface area contributed by atoms with Crippen LogP contribution in [-0.4, -0.2) is 16.7 Å². The number of aliphatic hydroxyl groups is 1. The lowest BCUT2D eigenvalue weighted by atomic mass is 9.42. The molecule has 4 bridgehead atoms. The second kappa shape index (κ2) is 2.19. The van der Waals surface area contributed by atoms with Gasteiger partial charge in [0.15, 0.2) is 0 Å². The standard InChI is InChI=1S/C12H21NO/c1-10-3-8-4-11(2,6-10)9(14)12(13,5-8)7-10/h8-9,14H,3-7,13H2,1-2H3/t8-,9+,10+,11-,12-/m0/s1. The molecule has 0 unspecified atom stereocenters. The van der Waals surface area contributed by atoms with Gasteiger partial charge in [-0.05, 0) is 48.9 Å². The Bertz CT molecular complexity index is 268. The molecule has 4 aliphatic rings. The largest absolute Gasteiger partial charge is 0.391 e. The van der Waals surface area contributed by atoms with Crippen LogP contribution in [-0.2, 0) is 0 Å². The topological polar surface area (TPSA) is 46.2 Å². The van der Waals surface area contributed by atoms with E-state index in [1.165, 1.54) is 19.3 Å². The Morgan fingerprint density at radius 1 is 1.14 bits per heavy atom. The first kappa shape index (κ1) is 9.17. The van der Waals surface area contributed by atoms with E-state index in [-0.39, 0.29) is 17.1 Å². The Labute approximate surface area is 85.9 Å². The van der Waals surface area contributed by atoms with Crippen molar-refractivity contribution in [1.29, 1.82) is 0 Å². The molecular weight excluding hydrogens is 174 g/mol. The Morgan fingerprint density at radius 3 is 2.43 bits per heavy atom. The normalized spacial score (nSPS) is 66.0. The average molecular weight is 195 g/mol. The summed E-state index contributed by atoms with van der Waals surface area (Å²) >= 11 is 0. The van der Waals surface area contributed by atoms with E-state index in [1.807, 2.05) is 0 Å². The molecule has 4 saturated carbocycles. The molecule has 80 valence electrons. The second-order valence-electron chi connectivity index (χ2n) is 6.93. The Balaban J connectivity index is 2.07. The fourth-order valence-corrected chi connectivity index (χ4v) is 5.34. The van der Waals surface area contributed by atoms with E-state index in [9.17, 15) is 5.11 Å². The van der Waals surface area contributed by atoms with E-state index in [0.29, 0.717) is 5.41 Å². The molecule has 4 fully saturated rings. The molecule has 0 heterocycles. The summed E-state index contributed by atoms with van der Waals surface area (Å²) in [6.45, 7) is 4.60. The quantitative estimate of drug-likeness (QED) is 0.617. The molecule has 2 nitrogen and oxygen atoms in total. The Morgan fingerprint density at radius 2 is 1.86 bits per heavy atom. The number of aliphatic hydroxyl groups excluding tert-OH is 1. The van der Waals surface area contributed by atoms with Crippen LogP contribution in [0.1, 0.15) is 46.0 Å². The highest BCUT2D eigenvalue weighted by Crippen LogP contribution is 2.65. The molecule has 4 aliphatic carbocycles. The predicted octanol–water partition coefficient (Wildman–Crippen LogP) is 1.66. The van der Waals surface area contributed by atoms with Gasteiger partial charge in [-0.2, -0.15) is 0 Å². The maximum Gasteiger partial charge on any atom is 0.0773 e. The van der Waals surface area contributed by atoms with E-state index in [1.54, 1.807) is 0 Å². The minimum Gasteiger partial charge on any atom is -0.391 e. The van der Waals surface area contributed by atoms with Crippen LogP contribution in [0.3, 0.4) is 0 Å². The molecular formula is C12H21NO. The fourth-order valence-electron chi connectivity index (χ4n) is 5.34. The lowest BCUT2D eigenvalue weighted by Gasteiger charge is -2.66. The van der Waals surface area contributed by atoms with Gasteiger partial charge in [-0.25, -0.2) is 0 Å². The van der Waals surface area contributed by atoms with Crippen molar-refractivity contribution in [1.82, 2.24) is 0 Å². The van der Waals surface area contributed by atoms with Gasteiger partial charge in [-0.15, -0.1) is 0 Å². The number of rotatable bonds is 0. The van der Waals surface area contributed by atoms with Crippen LogP contribution in [0.25, 0.3) is 0 Å². The van der Waals surface area contributed by atoms with Gasteiger partial charge >= 0.3 is 0 Å². The lowest BCUT2D eigenvalue weighted by Crippen LogP contribution is -2.71. The van der Waals surface area contributed by atoms with Crippen molar-refractivity contribution in [3.63, 3.8) is 0 Å². The van der Waals surface area contributed by atoms with Gasteiger partial charge in [-0.3, -0.25) is 0 Å². The summed E-state index contributed by atoms with van der Waals surface area (Å²) in [7, 11) is 0. The summed E-state index contributed by atoms with van der Waals surface area (Å²) in [5.41, 5.74) is 6.66. The number of hydrogen-bond donors (Lipinski definition) is 2. The Kier molecular flexibility index (Phi) is 1.44. The third-order valence-electron chi connectivity index (χ3n) is 5.00. The van der Waals surface area contributed by atoms with Crippen molar-refractivity contribution in [2.75, 3.05) is 0 Å². The van der Waals surface area contributed by atoms with Crippen LogP contribution < -0.4 is 5.73 Å². The Hall–Kier alpha value is -0.0800. The highest BCUT2D eigenvalue weighted by Gasteiger charge is 2.63. The SMILES string of the molecule is C[C@@]12C[C@H]3C[C@@](C)(C1)[C@@H](O)[C@](N)(C3)C2. The minimum absolute atomic E-state index is 0.114. The molecule has 14 heavy (non-hydrogen) atoms. The molecule has 0 radical (unpaired) electrons. The summed E-state index contributed by atoms with van der Waals surface area (Å²) in [5, 5.41) is 10.3. The van der Waals surface area contributed by atoms with E-state index < -0.39 is 0 Å². The van der Waals surface area contributed by atoms with Crippen LogP contribution in [0, 0.1) is 16.7 Å². The van der Waals surface area contributed by atoms with E-state index in [4.69, 9.17) is 5.73 Å². The number of nitrogens with two attached hydrogens (primary N) is 1. The van der Waals surface area contributed by atoms with Gasteiger partial charge in [0.05, 0.1) is 6.10 Å². The summed E-state index contributed by atoms with van der Waals surface area (Å²) in [6.07, 6.45) is 5.54. The molecule has 5 atom stereocenters. The molecule has 3 N–H and O–H groups in total. The number of hydrogen-bond acceptors (Lipinski definition) is 2. The molecule has 0 saturated heterocycles. The zero-order valence-electron chi connectivity index (χ0n) is 9.21. The zero-order chi connectivity index (χ0) is 10.2. The highest BCUT2D eigenvalue weighted by atomic mass is 16.3. The molecule has 0 aromatic rings. The van der Waals surface area contributed by atoms with Gasteiger partial charge in [0, 0.05) is 5.54 Å². The van der Waals surface area contributed by atoms with Crippen molar-refractivity contribution in [2.24, 2.45) is 22.5 Å². The minimum atomic E-state index is -0.264. The lowest BCUT2D eigenvalue weighted by molar-refractivity contribution is -0.188. The van der Waals surface area contributed by atoms with Gasteiger partial charge in [0.25, 0.3) is 0 Å². The van der Waals surface area contributed by atoms with Crippen molar-refractivity contribution in [3.8, 4) is 0 Å². The van der Waals surface area contributed by atoms with Crippen LogP contribution in [0.4, 0.5) is 0 Å². The van der Waals surface area contributed by atoms with Crippen molar-refractivity contribution >= 4 is 0 Å². The predicted molar refractivity (Wildman–Crippen MR) is 55.7 cm³/mol. The van der Waals surface area contributed by atoms with E-state index in [0.717, 1.165) is 18.8 Å². The third kappa shape index (κ3) is 0.938. The molecule has 2 heteroatoms. The molecule has 0 spiro atoms. The summed E-state index contributed by atoms with van der Waals surface area (Å²) in [5.74, 6) is 0.779. The van der Waals surface area contributed by atoms with Gasteiger partial charge in [0.1, 0.15) is 0 Å². The monoisotopic (exact) mass is 195 g/mol. The maximum atomic E-state index is 10.3. The first-order valence-electron chi connectivity index (χ1n) is 5.82. The van der Waals surface area contributed by atoms with Crippen molar-refractivity contribution in [2.45, 2.75) is 57.6 Å². The highest BCUT2D eigenvalue weighted by molar-refractivity contribution is 5.17. The molecule has 0 aliphatic heterocycles. The first-order valence-corrected chi connectivity index (χ1v) is 5.82. The van der Waals surface area contributed by atoms with Crippen LogP contribution in [0.2, 0.25) is 0 Å². The molecule has 0 aromatic carbocycles. The average Bonchev–Trinajstić information content (AvgIpc) is 1.95. The summed E-state index contributed by atoms with van der Waals surface area (Å²) < 4.78 is 0. The third-order valence-corrected chi connectivity index (χ3v) is 5.00. The van der Waals surface area contributed by atoms with Crippen LogP contribution in [0.5, 0.6) is 0 Å². The summed E-state index contributed by atoms with van der Waals surface area (Å²) in [6, 6.07) is 0. The maximum absolute atomic E-state index is 10.3. The smallest absolute Gasteiger partial charge is 0.0773 e. The van der Waals surface area contributed by atoms with E-state index >= 15 is 0 Å². The van der Waals surface area contributed by atoms with Crippen LogP contribution in [0.15, 0.2) is 0 Å². The van der Waals surface area contributed by atoms with E-state index in [2.05, 4.69) is 13.8 Å². The second-order valence-corrected chi connectivity index (χ2v) is 6.93. The van der Waals surface area contributed by atoms with Crippen LogP contribution >= 0.6 is 0 Å². The molecule has 0 aromatic heterocycles. The van der Waals surface area contributed by atoms with Crippen molar-refractivity contribution < 1.29 is 5.11 Å². The fraction of sp³-hybridized carbons (Fsp3) is 1.00. The van der Waals surface area contributed by atoms with Crippen molar-refractivity contribution in [3.05, 3.63) is 0 Å². The molecule has 0 amide bonds. The molecule has 4 rings (SSSR count). The summed E-state index contributed by atoms with van der Waals surface area (Å²) in [4.78, 5) is 0. The van der Waals surface area contributed by atoms with Gasteiger partial charge in [0.2, 0.25) is 0 Å². The first-order chi connectivity index (χ1) is 6.35. The van der Waals surface area contributed by atoms with Gasteiger partial charge < -0.3 is 10.8 Å².